The molecule has 0 fully saturated rings. The molecule has 0 saturated heterocycles. The van der Waals surface area contributed by atoms with Crippen molar-refractivity contribution in [1.29, 1.82) is 0 Å². The summed E-state index contributed by atoms with van der Waals surface area (Å²) in [7, 11) is 4.84. The van der Waals surface area contributed by atoms with Crippen LogP contribution in [-0.4, -0.2) is 24.1 Å². The molecule has 0 aliphatic heterocycles. The molecule has 0 N–H and O–H groups in total. The molecule has 4 aromatic carbocycles. The summed E-state index contributed by atoms with van der Waals surface area (Å²) in [4.78, 5) is 0. The zero-order chi connectivity index (χ0) is 22.3. The Morgan fingerprint density at radius 1 is 0.438 bits per heavy atom. The van der Waals surface area contributed by atoms with E-state index in [0.29, 0.717) is 0 Å². The third-order valence-corrected chi connectivity index (χ3v) is 6.83. The van der Waals surface area contributed by atoms with Gasteiger partial charge in [0.05, 0.1) is 14.1 Å². The van der Waals surface area contributed by atoms with Crippen LogP contribution in [0.4, 0.5) is 0 Å². The number of hydrogen-bond donors (Lipinski definition) is 0. The summed E-state index contributed by atoms with van der Waals surface area (Å²) in [5, 5.41) is 0. The van der Waals surface area contributed by atoms with E-state index in [1.807, 2.05) is 0 Å². The van der Waals surface area contributed by atoms with Crippen molar-refractivity contribution < 1.29 is 4.48 Å². The zero-order valence-electron chi connectivity index (χ0n) is 19.3. The van der Waals surface area contributed by atoms with E-state index in [1.165, 1.54) is 22.3 Å². The van der Waals surface area contributed by atoms with E-state index in [1.54, 1.807) is 0 Å². The Hall–Kier alpha value is -3.16. The lowest BCUT2D eigenvalue weighted by Crippen LogP contribution is -2.62. The molecule has 0 aliphatic carbocycles. The van der Waals surface area contributed by atoms with Crippen LogP contribution >= 0.6 is 0 Å². The van der Waals surface area contributed by atoms with E-state index in [-0.39, 0.29) is 5.54 Å². The summed E-state index contributed by atoms with van der Waals surface area (Å²) in [5.41, 5.74) is 5.59. The number of likely N-dealkylation sites (N-methyl/N-ethyl adjacent to an activating group) is 1. The zero-order valence-corrected chi connectivity index (χ0v) is 19.3. The van der Waals surface area contributed by atoms with Crippen LogP contribution in [0.1, 0.15) is 22.3 Å². The van der Waals surface area contributed by atoms with Gasteiger partial charge in [-0.15, -0.1) is 0 Å². The molecule has 0 radical (unpaired) electrons. The average molecular weight is 421 g/mol. The van der Waals surface area contributed by atoms with Crippen molar-refractivity contribution in [3.05, 3.63) is 144 Å². The lowest BCUT2D eigenvalue weighted by atomic mass is 9.76. The third-order valence-electron chi connectivity index (χ3n) is 6.83. The van der Waals surface area contributed by atoms with Crippen LogP contribution < -0.4 is 0 Å². The normalized spacial score (nSPS) is 11.9. The molecule has 1 heteroatoms. The van der Waals surface area contributed by atoms with Gasteiger partial charge < -0.3 is 4.48 Å². The maximum atomic E-state index is 2.42. The first-order valence-electron chi connectivity index (χ1n) is 11.6. The van der Waals surface area contributed by atoms with Crippen LogP contribution in [0.25, 0.3) is 0 Å². The van der Waals surface area contributed by atoms with E-state index < -0.39 is 0 Å². The second kappa shape index (κ2) is 9.97. The molecule has 0 heterocycles. The van der Waals surface area contributed by atoms with Gasteiger partial charge in [0, 0.05) is 24.8 Å². The van der Waals surface area contributed by atoms with Crippen molar-refractivity contribution in [3.63, 3.8) is 0 Å². The SMILES string of the molecule is C[N+](C)(Cc1ccccc1)C(Cc1ccccc1)(Cc1ccccc1)Cc1ccccc1. The Morgan fingerprint density at radius 2 is 0.719 bits per heavy atom. The van der Waals surface area contributed by atoms with Crippen molar-refractivity contribution in [3.8, 4) is 0 Å². The molecule has 162 valence electrons. The number of hydrogen-bond acceptors (Lipinski definition) is 0. The van der Waals surface area contributed by atoms with Crippen LogP contribution in [-0.2, 0) is 25.8 Å². The molecule has 0 atom stereocenters. The van der Waals surface area contributed by atoms with Crippen molar-refractivity contribution >= 4 is 0 Å². The Morgan fingerprint density at radius 3 is 1.03 bits per heavy atom. The summed E-state index contributed by atoms with van der Waals surface area (Å²) in [6, 6.07) is 44.0. The number of rotatable bonds is 9. The van der Waals surface area contributed by atoms with Gasteiger partial charge in [-0.25, -0.2) is 0 Å². The fourth-order valence-corrected chi connectivity index (χ4v) is 4.96. The van der Waals surface area contributed by atoms with Crippen LogP contribution in [0.5, 0.6) is 0 Å². The van der Waals surface area contributed by atoms with Gasteiger partial charge in [0.25, 0.3) is 0 Å². The van der Waals surface area contributed by atoms with E-state index >= 15 is 0 Å². The summed E-state index contributed by atoms with van der Waals surface area (Å²) in [6.07, 6.45) is 3.08. The molecular weight excluding hydrogens is 386 g/mol. The molecule has 0 aromatic heterocycles. The molecule has 32 heavy (non-hydrogen) atoms. The molecule has 0 amide bonds. The number of benzene rings is 4. The average Bonchev–Trinajstić information content (AvgIpc) is 2.81. The molecule has 0 saturated carbocycles. The first-order chi connectivity index (χ1) is 15.6. The predicted octanol–water partition coefficient (Wildman–Crippen LogP) is 6.73. The smallest absolute Gasteiger partial charge is 0.111 e. The molecule has 1 nitrogen and oxygen atoms in total. The van der Waals surface area contributed by atoms with E-state index in [0.717, 1.165) is 30.3 Å². The fourth-order valence-electron chi connectivity index (χ4n) is 4.96. The Bertz CT molecular complexity index is 969. The maximum absolute atomic E-state index is 2.42. The topological polar surface area (TPSA) is 0 Å². The van der Waals surface area contributed by atoms with Crippen LogP contribution in [0.3, 0.4) is 0 Å². The highest BCUT2D eigenvalue weighted by Gasteiger charge is 2.45. The predicted molar refractivity (Wildman–Crippen MR) is 135 cm³/mol. The van der Waals surface area contributed by atoms with Crippen LogP contribution in [0.15, 0.2) is 121 Å². The van der Waals surface area contributed by atoms with Crippen molar-refractivity contribution in [2.75, 3.05) is 14.1 Å². The van der Waals surface area contributed by atoms with Gasteiger partial charge in [0.2, 0.25) is 0 Å². The van der Waals surface area contributed by atoms with Gasteiger partial charge in [-0.05, 0) is 16.7 Å². The quantitative estimate of drug-likeness (QED) is 0.263. The number of quaternary nitrogens is 1. The van der Waals surface area contributed by atoms with Gasteiger partial charge in [-0.3, -0.25) is 0 Å². The molecule has 0 unspecified atom stereocenters. The van der Waals surface area contributed by atoms with Gasteiger partial charge in [0.15, 0.2) is 0 Å². The molecule has 4 aromatic rings. The number of nitrogens with zero attached hydrogens (tertiary/aromatic N) is 1. The lowest BCUT2D eigenvalue weighted by Gasteiger charge is -2.50. The third kappa shape index (κ3) is 5.36. The van der Waals surface area contributed by atoms with Gasteiger partial charge in [0.1, 0.15) is 12.1 Å². The molecular formula is C31H34N+. The van der Waals surface area contributed by atoms with Gasteiger partial charge >= 0.3 is 0 Å². The van der Waals surface area contributed by atoms with E-state index in [4.69, 9.17) is 0 Å². The van der Waals surface area contributed by atoms with Gasteiger partial charge in [-0.2, -0.15) is 0 Å². The van der Waals surface area contributed by atoms with E-state index in [9.17, 15) is 0 Å². The highest BCUT2D eigenvalue weighted by Crippen LogP contribution is 2.35. The molecule has 0 spiro atoms. The Labute approximate surface area is 193 Å². The minimum Gasteiger partial charge on any atom is -0.319 e. The highest BCUT2D eigenvalue weighted by molar-refractivity contribution is 5.26. The minimum absolute atomic E-state index is 0.0000978. The maximum Gasteiger partial charge on any atom is 0.111 e. The molecule has 0 bridgehead atoms. The fraction of sp³-hybridized carbons (Fsp3) is 0.226. The Kier molecular flexibility index (Phi) is 6.87. The first-order valence-corrected chi connectivity index (χ1v) is 11.6. The molecule has 0 aliphatic rings. The summed E-state index contributed by atoms with van der Waals surface area (Å²) in [5.74, 6) is 0. The first kappa shape index (κ1) is 22.0. The van der Waals surface area contributed by atoms with Crippen LogP contribution in [0, 0.1) is 0 Å². The summed E-state index contributed by atoms with van der Waals surface area (Å²) < 4.78 is 0.912. The van der Waals surface area contributed by atoms with Crippen molar-refractivity contribution in [1.82, 2.24) is 0 Å². The Balaban J connectivity index is 1.81. The standard InChI is InChI=1S/C31H34N/c1-32(2,26-30-21-13-6-14-22-30)31(23-27-15-7-3-8-16-27,24-28-17-9-4-10-18-28)25-29-19-11-5-12-20-29/h3-22H,23-26H2,1-2H3/q+1. The van der Waals surface area contributed by atoms with Crippen LogP contribution in [0.2, 0.25) is 0 Å². The largest absolute Gasteiger partial charge is 0.319 e. The van der Waals surface area contributed by atoms with Gasteiger partial charge in [-0.1, -0.05) is 121 Å². The van der Waals surface area contributed by atoms with Crippen molar-refractivity contribution in [2.45, 2.75) is 31.3 Å². The second-order valence-electron chi connectivity index (χ2n) is 9.54. The van der Waals surface area contributed by atoms with Crippen molar-refractivity contribution in [2.24, 2.45) is 0 Å². The second-order valence-corrected chi connectivity index (χ2v) is 9.54. The lowest BCUT2D eigenvalue weighted by molar-refractivity contribution is -0.954. The summed E-state index contributed by atoms with van der Waals surface area (Å²) >= 11 is 0. The minimum atomic E-state index is -0.0000978. The monoisotopic (exact) mass is 420 g/mol. The summed E-state index contributed by atoms with van der Waals surface area (Å²) in [6.45, 7) is 0.993. The molecule has 4 rings (SSSR count). The highest BCUT2D eigenvalue weighted by atomic mass is 15.4. The van der Waals surface area contributed by atoms with E-state index in [2.05, 4.69) is 135 Å².